The van der Waals surface area contributed by atoms with Crippen molar-refractivity contribution in [2.24, 2.45) is 0 Å². The third-order valence-corrected chi connectivity index (χ3v) is 9.95. The number of hydrogen-bond acceptors (Lipinski definition) is 14. The van der Waals surface area contributed by atoms with Gasteiger partial charge < -0.3 is 30.1 Å². The Morgan fingerprint density at radius 3 is 2.71 bits per heavy atom. The maximum Gasteiger partial charge on any atom is 0.487 e. The van der Waals surface area contributed by atoms with Gasteiger partial charge in [0.25, 0.3) is 8.18 Å². The van der Waals surface area contributed by atoms with E-state index >= 15 is 0 Å². The number of hydrogen-bond donors (Lipinski definition) is 5. The Hall–Kier alpha value is -2.59. The molecule has 21 heteroatoms. The lowest BCUT2D eigenvalue weighted by atomic mass is 10.2. The summed E-state index contributed by atoms with van der Waals surface area (Å²) >= 11 is 0. The first-order chi connectivity index (χ1) is 19.3. The Balaban J connectivity index is 1.24. The number of benzene rings is 1. The first-order valence-corrected chi connectivity index (χ1v) is 16.1. The number of nitrogens with one attached hydrogen (secondary N) is 1. The van der Waals surface area contributed by atoms with Crippen LogP contribution in [-0.4, -0.2) is 65.2 Å². The van der Waals surface area contributed by atoms with Crippen LogP contribution in [0.4, 0.5) is 5.82 Å². The van der Waals surface area contributed by atoms with Crippen LogP contribution in [0.2, 0.25) is 0 Å². The Labute approximate surface area is 232 Å². The van der Waals surface area contributed by atoms with Crippen LogP contribution >= 0.6 is 23.8 Å². The van der Waals surface area contributed by atoms with Gasteiger partial charge in [-0.25, -0.2) is 33.5 Å². The number of fused-ring (bicyclic) bond motifs is 1. The molecule has 0 aliphatic carbocycles. The fraction of sp³-hybridized carbons (Fsp3) is 0.400. The lowest BCUT2D eigenvalue weighted by Gasteiger charge is -2.19. The van der Waals surface area contributed by atoms with Crippen molar-refractivity contribution in [3.05, 3.63) is 48.5 Å². The van der Waals surface area contributed by atoms with E-state index in [0.29, 0.717) is 5.56 Å². The molecule has 7 atom stereocenters. The standard InChI is InChI=1S/C20H27N6O12P3/c1-12(20(28)34-8-13-5-3-2-4-6-13)25-39(29)37-41(32,33)38-40(30,31)35-9-14-7-15(27)19(36-14)26-11-24-16-17(21)22-10-23-18(16)26/h2-6,10-12,14-15,19,27,39H,7-9H2,1H3,(H,25,29)(H,30,31)(H,32,33)(H2,21,22,23)/t12-,14-,15+,19+/m0/s1. The number of carbonyl (C=O) groups excluding carboxylic acids is 1. The number of aromatic nitrogens is 4. The smallest absolute Gasteiger partial charge is 0.460 e. The largest absolute Gasteiger partial charge is 0.487 e. The van der Waals surface area contributed by atoms with Gasteiger partial charge in [0.2, 0.25) is 0 Å². The van der Waals surface area contributed by atoms with Crippen LogP contribution in [0.3, 0.4) is 0 Å². The van der Waals surface area contributed by atoms with Gasteiger partial charge in [-0.1, -0.05) is 30.3 Å². The molecule has 1 saturated heterocycles. The summed E-state index contributed by atoms with van der Waals surface area (Å²) in [5, 5.41) is 12.6. The van der Waals surface area contributed by atoms with Crippen molar-refractivity contribution in [3.63, 3.8) is 0 Å². The molecule has 1 aromatic carbocycles. The van der Waals surface area contributed by atoms with Crippen LogP contribution in [0.25, 0.3) is 11.2 Å². The number of phosphoric acid groups is 2. The molecular weight excluding hydrogens is 609 g/mol. The second kappa shape index (κ2) is 13.2. The van der Waals surface area contributed by atoms with Gasteiger partial charge in [-0.15, -0.1) is 0 Å². The molecule has 1 aliphatic heterocycles. The highest BCUT2D eigenvalue weighted by Crippen LogP contribution is 2.63. The van der Waals surface area contributed by atoms with Gasteiger partial charge in [-0.3, -0.25) is 18.5 Å². The van der Waals surface area contributed by atoms with E-state index in [-0.39, 0.29) is 30.0 Å². The molecule has 0 saturated carbocycles. The number of nitrogen functional groups attached to an aromatic ring is 1. The van der Waals surface area contributed by atoms with E-state index in [0.717, 1.165) is 0 Å². The number of imidazole rings is 1. The van der Waals surface area contributed by atoms with Crippen LogP contribution in [0.15, 0.2) is 43.0 Å². The molecule has 3 aromatic rings. The summed E-state index contributed by atoms with van der Waals surface area (Å²) in [6.45, 7) is 0.549. The van der Waals surface area contributed by atoms with Crippen LogP contribution in [0, 0.1) is 0 Å². The normalized spacial score (nSPS) is 23.5. The molecule has 0 spiro atoms. The van der Waals surface area contributed by atoms with E-state index in [4.69, 9.17) is 19.7 Å². The molecule has 3 unspecified atom stereocenters. The molecule has 1 fully saturated rings. The molecular formula is C20H27N6O12P3. The van der Waals surface area contributed by atoms with Gasteiger partial charge in [-0.2, -0.15) is 4.31 Å². The van der Waals surface area contributed by atoms with E-state index in [9.17, 15) is 33.4 Å². The Kier molecular flexibility index (Phi) is 10.1. The molecule has 41 heavy (non-hydrogen) atoms. The van der Waals surface area contributed by atoms with E-state index in [2.05, 4.69) is 28.7 Å². The molecule has 3 heterocycles. The zero-order chi connectivity index (χ0) is 29.8. The number of ether oxygens (including phenoxy) is 2. The average molecular weight is 636 g/mol. The van der Waals surface area contributed by atoms with Crippen LogP contribution in [-0.2, 0) is 47.7 Å². The van der Waals surface area contributed by atoms with Crippen LogP contribution < -0.4 is 10.8 Å². The van der Waals surface area contributed by atoms with E-state index in [1.165, 1.54) is 24.1 Å². The lowest BCUT2D eigenvalue weighted by molar-refractivity contribution is -0.146. The minimum atomic E-state index is -5.43. The molecule has 0 bridgehead atoms. The minimum Gasteiger partial charge on any atom is -0.460 e. The Bertz CT molecular complexity index is 1490. The summed E-state index contributed by atoms with van der Waals surface area (Å²) in [6, 6.07) is 7.49. The van der Waals surface area contributed by atoms with Crippen LogP contribution in [0.1, 0.15) is 25.1 Å². The number of nitrogens with zero attached hydrogens (tertiary/aromatic N) is 4. The quantitative estimate of drug-likeness (QED) is 0.131. The number of aliphatic hydroxyl groups excluding tert-OH is 1. The third-order valence-electron chi connectivity index (χ3n) is 5.57. The van der Waals surface area contributed by atoms with Gasteiger partial charge in [0.1, 0.15) is 30.6 Å². The molecule has 6 N–H and O–H groups in total. The predicted molar refractivity (Wildman–Crippen MR) is 140 cm³/mol. The summed E-state index contributed by atoms with van der Waals surface area (Å²) in [5.74, 6) is -0.720. The second-order valence-electron chi connectivity index (χ2n) is 8.69. The maximum absolute atomic E-state index is 12.3. The molecule has 2 aromatic heterocycles. The van der Waals surface area contributed by atoms with E-state index in [1.807, 2.05) is 0 Å². The zero-order valence-corrected chi connectivity index (χ0v) is 24.0. The molecule has 224 valence electrons. The third kappa shape index (κ3) is 8.47. The van der Waals surface area contributed by atoms with Crippen molar-refractivity contribution in [1.29, 1.82) is 0 Å². The SMILES string of the molecule is C[C@H](N[PH](=O)OP(=O)(O)OP(=O)(O)OC[C@@H]1C[C@@H](O)[C@H](n2cnc3c(N)ncnc32)O1)C(=O)OCc1ccccc1. The highest BCUT2D eigenvalue weighted by atomic mass is 31.3. The Morgan fingerprint density at radius 1 is 1.24 bits per heavy atom. The first-order valence-electron chi connectivity index (χ1n) is 11.8. The fourth-order valence-electron chi connectivity index (χ4n) is 3.71. The summed E-state index contributed by atoms with van der Waals surface area (Å²) in [4.78, 5) is 43.8. The molecule has 1 aliphatic rings. The second-order valence-corrected chi connectivity index (χ2v) is 13.1. The molecule has 0 amide bonds. The Morgan fingerprint density at radius 2 is 1.98 bits per heavy atom. The average Bonchev–Trinajstić information content (AvgIpc) is 3.49. The van der Waals surface area contributed by atoms with Gasteiger partial charge in [0, 0.05) is 6.42 Å². The molecule has 18 nitrogen and oxygen atoms in total. The number of anilines is 1. The number of esters is 1. The van der Waals surface area contributed by atoms with Crippen LogP contribution in [0.5, 0.6) is 0 Å². The van der Waals surface area contributed by atoms with E-state index < -0.39 is 60.9 Å². The summed E-state index contributed by atoms with van der Waals surface area (Å²) in [7, 11) is -14.3. The lowest BCUT2D eigenvalue weighted by Crippen LogP contribution is -2.31. The first kappa shape index (κ1) is 31.3. The highest BCUT2D eigenvalue weighted by molar-refractivity contribution is 7.64. The topological polar surface area (TPSA) is 257 Å². The fourth-order valence-corrected chi connectivity index (χ4v) is 7.25. The number of carbonyl (C=O) groups is 1. The maximum atomic E-state index is 12.3. The minimum absolute atomic E-state index is 0.0614. The van der Waals surface area contributed by atoms with Gasteiger partial charge >= 0.3 is 21.6 Å². The molecule has 4 rings (SSSR count). The van der Waals surface area contributed by atoms with Crippen molar-refractivity contribution in [1.82, 2.24) is 24.6 Å². The summed E-state index contributed by atoms with van der Waals surface area (Å²) in [6.07, 6.45) is -0.609. The van der Waals surface area contributed by atoms with Crippen molar-refractivity contribution < 1.29 is 56.0 Å². The number of nitrogens with two attached hydrogens (primary N) is 1. The van der Waals surface area contributed by atoms with E-state index in [1.54, 1.807) is 30.3 Å². The number of rotatable bonds is 13. The van der Waals surface area contributed by atoms with Crippen molar-refractivity contribution >= 4 is 46.8 Å². The van der Waals surface area contributed by atoms with Gasteiger partial charge in [-0.05, 0) is 12.5 Å². The predicted octanol–water partition coefficient (Wildman–Crippen LogP) is 1.42. The summed E-state index contributed by atoms with van der Waals surface area (Å²) < 4.78 is 62.0. The number of aliphatic hydroxyl groups is 1. The monoisotopic (exact) mass is 636 g/mol. The highest BCUT2D eigenvalue weighted by Gasteiger charge is 2.41. The van der Waals surface area contributed by atoms with Gasteiger partial charge in [0.15, 0.2) is 17.7 Å². The van der Waals surface area contributed by atoms with Gasteiger partial charge in [0.05, 0.1) is 19.0 Å². The van der Waals surface area contributed by atoms with Crippen molar-refractivity contribution in [2.45, 2.75) is 44.4 Å². The van der Waals surface area contributed by atoms with Crippen molar-refractivity contribution in [2.75, 3.05) is 12.3 Å². The molecule has 0 radical (unpaired) electrons. The number of phosphoric ester groups is 1. The van der Waals surface area contributed by atoms with Crippen molar-refractivity contribution in [3.8, 4) is 0 Å². The zero-order valence-electron chi connectivity index (χ0n) is 21.2. The summed E-state index contributed by atoms with van der Waals surface area (Å²) in [5.41, 5.74) is 7.02.